The first kappa shape index (κ1) is 18.7. The molecule has 154 valence electrons. The molecular formula is C24H20N4O3. The summed E-state index contributed by atoms with van der Waals surface area (Å²) in [6.07, 6.45) is 1.76. The Morgan fingerprint density at radius 3 is 2.68 bits per heavy atom. The summed E-state index contributed by atoms with van der Waals surface area (Å²) >= 11 is 0. The van der Waals surface area contributed by atoms with Crippen LogP contribution in [0.4, 0.5) is 21.9 Å². The van der Waals surface area contributed by atoms with Crippen molar-refractivity contribution in [1.29, 1.82) is 0 Å². The molecule has 31 heavy (non-hydrogen) atoms. The smallest absolute Gasteiger partial charge is 0.323 e. The minimum Gasteiger partial charge on any atom is -0.481 e. The van der Waals surface area contributed by atoms with Crippen LogP contribution in [0.5, 0.6) is 5.75 Å². The van der Waals surface area contributed by atoms with Gasteiger partial charge in [0.2, 0.25) is 0 Å². The van der Waals surface area contributed by atoms with Gasteiger partial charge in [-0.15, -0.1) is 0 Å². The van der Waals surface area contributed by atoms with Gasteiger partial charge in [-0.2, -0.15) is 0 Å². The standard InChI is InChI=1S/C24H20N4O3/c29-23-15-31-22-12-17(10-11-21(22)28(23)14-16-6-2-1-3-7-16)26-24(30)27-20-13-25-19-9-5-4-8-18(19)20/h1-13,25H,14-15H2,(H2,26,27,30). The van der Waals surface area contributed by atoms with Crippen LogP contribution in [0.3, 0.4) is 0 Å². The molecule has 0 unspecified atom stereocenters. The number of anilines is 3. The minimum absolute atomic E-state index is 0.0369. The van der Waals surface area contributed by atoms with Gasteiger partial charge in [-0.25, -0.2) is 4.79 Å². The molecule has 0 saturated carbocycles. The number of benzene rings is 3. The zero-order valence-electron chi connectivity index (χ0n) is 16.6. The number of nitrogens with one attached hydrogen (secondary N) is 3. The second-order valence-corrected chi connectivity index (χ2v) is 7.26. The van der Waals surface area contributed by atoms with Gasteiger partial charge < -0.3 is 25.3 Å². The highest BCUT2D eigenvalue weighted by Gasteiger charge is 2.26. The fourth-order valence-corrected chi connectivity index (χ4v) is 3.68. The largest absolute Gasteiger partial charge is 0.481 e. The molecule has 5 rings (SSSR count). The molecule has 1 aromatic heterocycles. The van der Waals surface area contributed by atoms with Gasteiger partial charge in [0.1, 0.15) is 5.75 Å². The minimum atomic E-state index is -0.363. The normalized spacial score (nSPS) is 12.9. The first-order valence-corrected chi connectivity index (χ1v) is 9.93. The third-order valence-electron chi connectivity index (χ3n) is 5.18. The molecule has 0 fully saturated rings. The van der Waals surface area contributed by atoms with Gasteiger partial charge in [0.25, 0.3) is 5.91 Å². The number of H-pyrrole nitrogens is 1. The van der Waals surface area contributed by atoms with E-state index in [0.29, 0.717) is 29.4 Å². The molecule has 7 heteroatoms. The highest BCUT2D eigenvalue weighted by Crippen LogP contribution is 2.35. The van der Waals surface area contributed by atoms with E-state index in [9.17, 15) is 9.59 Å². The lowest BCUT2D eigenvalue weighted by atomic mass is 10.1. The van der Waals surface area contributed by atoms with Gasteiger partial charge in [-0.05, 0) is 23.8 Å². The van der Waals surface area contributed by atoms with Gasteiger partial charge >= 0.3 is 6.03 Å². The monoisotopic (exact) mass is 412 g/mol. The zero-order valence-corrected chi connectivity index (χ0v) is 16.6. The number of fused-ring (bicyclic) bond motifs is 2. The molecule has 0 saturated heterocycles. The van der Waals surface area contributed by atoms with E-state index in [1.165, 1.54) is 0 Å². The van der Waals surface area contributed by atoms with Crippen molar-refractivity contribution in [2.75, 3.05) is 22.1 Å². The molecule has 1 aliphatic rings. The van der Waals surface area contributed by atoms with Crippen LogP contribution in [0.25, 0.3) is 10.9 Å². The predicted molar refractivity (Wildman–Crippen MR) is 121 cm³/mol. The van der Waals surface area contributed by atoms with E-state index in [2.05, 4.69) is 15.6 Å². The fourth-order valence-electron chi connectivity index (χ4n) is 3.68. The van der Waals surface area contributed by atoms with E-state index in [0.717, 1.165) is 16.5 Å². The van der Waals surface area contributed by atoms with Crippen LogP contribution < -0.4 is 20.3 Å². The molecule has 3 amide bonds. The molecule has 0 bridgehead atoms. The Bertz CT molecular complexity index is 1270. The summed E-state index contributed by atoms with van der Waals surface area (Å²) in [4.78, 5) is 29.8. The first-order chi connectivity index (χ1) is 15.2. The Morgan fingerprint density at radius 1 is 1.00 bits per heavy atom. The van der Waals surface area contributed by atoms with Crippen LogP contribution >= 0.6 is 0 Å². The van der Waals surface area contributed by atoms with Gasteiger partial charge in [0.05, 0.1) is 17.9 Å². The quantitative estimate of drug-likeness (QED) is 0.453. The number of carbonyl (C=O) groups is 2. The number of nitrogens with zero attached hydrogens (tertiary/aromatic N) is 1. The zero-order chi connectivity index (χ0) is 21.2. The van der Waals surface area contributed by atoms with E-state index in [1.807, 2.05) is 54.6 Å². The van der Waals surface area contributed by atoms with Gasteiger partial charge in [0.15, 0.2) is 6.61 Å². The van der Waals surface area contributed by atoms with Crippen molar-refractivity contribution in [2.45, 2.75) is 6.54 Å². The SMILES string of the molecule is O=C(Nc1ccc2c(c1)OCC(=O)N2Cc1ccccc1)Nc1c[nH]c2ccccc12. The van der Waals surface area contributed by atoms with E-state index >= 15 is 0 Å². The first-order valence-electron chi connectivity index (χ1n) is 9.93. The molecule has 0 radical (unpaired) electrons. The maximum absolute atomic E-state index is 12.5. The van der Waals surface area contributed by atoms with Crippen molar-refractivity contribution < 1.29 is 14.3 Å². The molecule has 4 aromatic rings. The average molecular weight is 412 g/mol. The Balaban J connectivity index is 1.32. The Morgan fingerprint density at radius 2 is 1.81 bits per heavy atom. The van der Waals surface area contributed by atoms with E-state index < -0.39 is 0 Å². The number of hydrogen-bond donors (Lipinski definition) is 3. The topological polar surface area (TPSA) is 86.5 Å². The average Bonchev–Trinajstić information content (AvgIpc) is 3.19. The predicted octanol–water partition coefficient (Wildman–Crippen LogP) is 4.74. The van der Waals surface area contributed by atoms with Crippen LogP contribution in [0.2, 0.25) is 0 Å². The highest BCUT2D eigenvalue weighted by atomic mass is 16.5. The van der Waals surface area contributed by atoms with Crippen molar-refractivity contribution >= 4 is 39.9 Å². The molecule has 1 aliphatic heterocycles. The second-order valence-electron chi connectivity index (χ2n) is 7.26. The number of aromatic amines is 1. The van der Waals surface area contributed by atoms with Crippen LogP contribution in [0.1, 0.15) is 5.56 Å². The Kier molecular flexibility index (Phi) is 4.76. The summed E-state index contributed by atoms with van der Waals surface area (Å²) in [5.41, 5.74) is 3.93. The van der Waals surface area contributed by atoms with Crippen LogP contribution in [0, 0.1) is 0 Å². The number of hydrogen-bond acceptors (Lipinski definition) is 3. The third kappa shape index (κ3) is 3.81. The van der Waals surface area contributed by atoms with Gasteiger partial charge in [-0.3, -0.25) is 4.79 Å². The number of rotatable bonds is 4. The molecule has 0 aliphatic carbocycles. The summed E-state index contributed by atoms with van der Waals surface area (Å²) in [7, 11) is 0. The van der Waals surface area contributed by atoms with E-state index in [4.69, 9.17) is 4.74 Å². The maximum Gasteiger partial charge on any atom is 0.323 e. The summed E-state index contributed by atoms with van der Waals surface area (Å²) in [5, 5.41) is 6.61. The molecule has 0 atom stereocenters. The van der Waals surface area contributed by atoms with Crippen LogP contribution in [-0.4, -0.2) is 23.5 Å². The van der Waals surface area contributed by atoms with Gasteiger partial charge in [0, 0.05) is 28.9 Å². The number of aromatic nitrogens is 1. The Labute approximate surface area is 178 Å². The highest BCUT2D eigenvalue weighted by molar-refractivity contribution is 6.06. The third-order valence-corrected chi connectivity index (χ3v) is 5.18. The number of urea groups is 1. The molecule has 2 heterocycles. The molecule has 0 spiro atoms. The fraction of sp³-hybridized carbons (Fsp3) is 0.0833. The van der Waals surface area contributed by atoms with Crippen molar-refractivity contribution in [1.82, 2.24) is 4.98 Å². The number of para-hydroxylation sites is 1. The van der Waals surface area contributed by atoms with Crippen molar-refractivity contribution in [2.24, 2.45) is 0 Å². The summed E-state index contributed by atoms with van der Waals surface area (Å²) in [6, 6.07) is 22.4. The summed E-state index contributed by atoms with van der Waals surface area (Å²) in [6.45, 7) is 0.425. The van der Waals surface area contributed by atoms with Crippen molar-refractivity contribution in [3.63, 3.8) is 0 Å². The van der Waals surface area contributed by atoms with E-state index in [1.54, 1.807) is 29.3 Å². The molecule has 7 nitrogen and oxygen atoms in total. The lowest BCUT2D eigenvalue weighted by molar-refractivity contribution is -0.121. The molecule has 3 aromatic carbocycles. The summed E-state index contributed by atoms with van der Waals surface area (Å²) < 4.78 is 5.62. The lowest BCUT2D eigenvalue weighted by Crippen LogP contribution is -2.38. The number of carbonyl (C=O) groups excluding carboxylic acids is 2. The molecule has 3 N–H and O–H groups in total. The number of ether oxygens (including phenoxy) is 1. The van der Waals surface area contributed by atoms with Gasteiger partial charge in [-0.1, -0.05) is 48.5 Å². The second kappa shape index (κ2) is 7.87. The van der Waals surface area contributed by atoms with Crippen molar-refractivity contribution in [3.05, 3.63) is 84.6 Å². The maximum atomic E-state index is 12.5. The van der Waals surface area contributed by atoms with E-state index in [-0.39, 0.29) is 18.5 Å². The molecular weight excluding hydrogens is 392 g/mol. The van der Waals surface area contributed by atoms with Crippen LogP contribution in [0.15, 0.2) is 79.0 Å². The number of amides is 3. The summed E-state index contributed by atoms with van der Waals surface area (Å²) in [5.74, 6) is 0.453. The van der Waals surface area contributed by atoms with Crippen LogP contribution in [-0.2, 0) is 11.3 Å². The van der Waals surface area contributed by atoms with Crippen molar-refractivity contribution in [3.8, 4) is 5.75 Å². The lowest BCUT2D eigenvalue weighted by Gasteiger charge is -2.29. The Hall–Kier alpha value is -4.26.